The highest BCUT2D eigenvalue weighted by Crippen LogP contribution is 2.29. The Bertz CT molecular complexity index is 1540. The molecule has 5 aromatic rings. The van der Waals surface area contributed by atoms with Gasteiger partial charge in [0.15, 0.2) is 5.82 Å². The van der Waals surface area contributed by atoms with Crippen LogP contribution in [0.3, 0.4) is 0 Å². The molecule has 0 saturated heterocycles. The summed E-state index contributed by atoms with van der Waals surface area (Å²) in [7, 11) is 0. The number of halogens is 3. The van der Waals surface area contributed by atoms with E-state index in [0.717, 1.165) is 17.5 Å². The number of aromatic nitrogens is 5. The molecule has 10 heteroatoms. The van der Waals surface area contributed by atoms with Crippen molar-refractivity contribution in [3.63, 3.8) is 0 Å². The topological polar surface area (TPSA) is 77.6 Å². The molecule has 3 aromatic heterocycles. The number of para-hydroxylation sites is 1. The molecule has 2 aromatic carbocycles. The van der Waals surface area contributed by atoms with Crippen LogP contribution in [0, 0.1) is 0 Å². The van der Waals surface area contributed by atoms with Crippen LogP contribution in [-0.4, -0.2) is 30.5 Å². The first-order chi connectivity index (χ1) is 16.9. The van der Waals surface area contributed by atoms with Crippen LogP contribution in [0.1, 0.15) is 22.8 Å². The number of nitrogens with zero attached hydrogens (tertiary/aromatic N) is 5. The lowest BCUT2D eigenvalue weighted by molar-refractivity contribution is 0.102. The Hall–Kier alpha value is -3.39. The van der Waals surface area contributed by atoms with Crippen LogP contribution in [0.4, 0.5) is 5.82 Å². The van der Waals surface area contributed by atoms with E-state index in [4.69, 9.17) is 39.8 Å². The van der Waals surface area contributed by atoms with Gasteiger partial charge in [0.05, 0.1) is 29.5 Å². The van der Waals surface area contributed by atoms with Crippen molar-refractivity contribution >= 4 is 57.4 Å². The van der Waals surface area contributed by atoms with E-state index in [1.54, 1.807) is 41.3 Å². The molecular weight excluding hydrogens is 507 g/mol. The van der Waals surface area contributed by atoms with E-state index in [9.17, 15) is 4.79 Å². The fraction of sp³-hybridized carbons (Fsp3) is 0.120. The van der Waals surface area contributed by atoms with Crippen LogP contribution in [0.2, 0.25) is 15.1 Å². The summed E-state index contributed by atoms with van der Waals surface area (Å²) >= 11 is 19.0. The van der Waals surface area contributed by atoms with Gasteiger partial charge in [0.2, 0.25) is 0 Å². The van der Waals surface area contributed by atoms with Gasteiger partial charge >= 0.3 is 0 Å². The lowest BCUT2D eigenvalue weighted by Crippen LogP contribution is -2.14. The number of anilines is 1. The summed E-state index contributed by atoms with van der Waals surface area (Å²) < 4.78 is 3.39. The molecular formula is C25H19Cl3N6O. The van der Waals surface area contributed by atoms with Crippen molar-refractivity contribution in [2.24, 2.45) is 0 Å². The number of fused-ring (bicyclic) bond motifs is 1. The smallest absolute Gasteiger partial charge is 0.257 e. The van der Waals surface area contributed by atoms with Gasteiger partial charge in [-0.1, -0.05) is 59.1 Å². The molecule has 0 saturated carbocycles. The summed E-state index contributed by atoms with van der Waals surface area (Å²) in [5.74, 6) is -0.114. The number of rotatable bonds is 6. The van der Waals surface area contributed by atoms with Crippen LogP contribution >= 0.6 is 34.8 Å². The van der Waals surface area contributed by atoms with Crippen LogP contribution < -0.4 is 5.32 Å². The zero-order chi connectivity index (χ0) is 24.5. The van der Waals surface area contributed by atoms with E-state index >= 15 is 0 Å². The minimum absolute atomic E-state index is 0.237. The molecule has 0 spiro atoms. The SMILES string of the molecule is CCn1cc(-c2cc(C(=O)Nc3nn(Cc4c(Cl)cccc4Cl)cc3Cl)c3ccccc3n2)cn1. The van der Waals surface area contributed by atoms with E-state index < -0.39 is 0 Å². The molecule has 7 nitrogen and oxygen atoms in total. The van der Waals surface area contributed by atoms with E-state index in [1.807, 2.05) is 42.1 Å². The molecule has 1 N–H and O–H groups in total. The normalized spacial score (nSPS) is 11.2. The Morgan fingerprint density at radius 1 is 0.971 bits per heavy atom. The number of pyridine rings is 1. The van der Waals surface area contributed by atoms with Crippen LogP contribution in [0.15, 0.2) is 67.1 Å². The largest absolute Gasteiger partial charge is 0.304 e. The van der Waals surface area contributed by atoms with Gasteiger partial charge in [-0.05, 0) is 31.2 Å². The monoisotopic (exact) mass is 524 g/mol. The molecule has 1 amide bonds. The molecule has 0 aliphatic rings. The first-order valence-electron chi connectivity index (χ1n) is 10.8. The minimum atomic E-state index is -0.351. The number of hydrogen-bond acceptors (Lipinski definition) is 4. The van der Waals surface area contributed by atoms with Crippen molar-refractivity contribution in [1.29, 1.82) is 0 Å². The van der Waals surface area contributed by atoms with Gasteiger partial charge in [-0.15, -0.1) is 0 Å². The number of benzene rings is 2. The summed E-state index contributed by atoms with van der Waals surface area (Å²) in [5, 5.41) is 13.7. The van der Waals surface area contributed by atoms with Crippen molar-refractivity contribution in [1.82, 2.24) is 24.5 Å². The Morgan fingerprint density at radius 2 is 1.74 bits per heavy atom. The Labute approximate surface area is 216 Å². The Balaban J connectivity index is 1.47. The number of nitrogens with one attached hydrogen (secondary N) is 1. The number of hydrogen-bond donors (Lipinski definition) is 1. The molecule has 0 bridgehead atoms. The number of amides is 1. The molecule has 3 heterocycles. The first-order valence-corrected chi connectivity index (χ1v) is 12.0. The second-order valence-electron chi connectivity index (χ2n) is 7.83. The van der Waals surface area contributed by atoms with Gasteiger partial charge in [0.25, 0.3) is 5.91 Å². The number of carbonyl (C=O) groups is 1. The van der Waals surface area contributed by atoms with Gasteiger partial charge in [-0.3, -0.25) is 14.2 Å². The van der Waals surface area contributed by atoms with Crippen LogP contribution in [0.5, 0.6) is 0 Å². The minimum Gasteiger partial charge on any atom is -0.304 e. The second kappa shape index (κ2) is 9.70. The molecule has 0 aliphatic carbocycles. The van der Waals surface area contributed by atoms with Gasteiger partial charge < -0.3 is 5.32 Å². The van der Waals surface area contributed by atoms with Gasteiger partial charge in [0.1, 0.15) is 5.02 Å². The highest BCUT2D eigenvalue weighted by atomic mass is 35.5. The van der Waals surface area contributed by atoms with Crippen molar-refractivity contribution in [3.05, 3.63) is 93.3 Å². The fourth-order valence-electron chi connectivity index (χ4n) is 3.76. The summed E-state index contributed by atoms with van der Waals surface area (Å²) in [6.07, 6.45) is 5.25. The van der Waals surface area contributed by atoms with Crippen molar-refractivity contribution in [2.75, 3.05) is 5.32 Å². The standard InChI is InChI=1S/C25H19Cl3N6O/c1-2-33-12-15(11-29-33)23-10-17(16-6-3-4-9-22(16)30-23)25(35)31-24-21(28)14-34(32-24)13-18-19(26)7-5-8-20(18)27/h3-12,14H,2,13H2,1H3,(H,31,32,35). The third kappa shape index (κ3) is 4.75. The lowest BCUT2D eigenvalue weighted by Gasteiger charge is -2.09. The van der Waals surface area contributed by atoms with Gasteiger partial charge in [0, 0.05) is 45.5 Å². The van der Waals surface area contributed by atoms with E-state index in [1.165, 1.54) is 0 Å². The summed E-state index contributed by atoms with van der Waals surface area (Å²) in [6, 6.07) is 14.5. The predicted molar refractivity (Wildman–Crippen MR) is 139 cm³/mol. The highest BCUT2D eigenvalue weighted by Gasteiger charge is 2.18. The lowest BCUT2D eigenvalue weighted by atomic mass is 10.0. The average Bonchev–Trinajstić information content (AvgIpc) is 3.47. The first kappa shape index (κ1) is 23.4. The maximum Gasteiger partial charge on any atom is 0.257 e. The molecule has 35 heavy (non-hydrogen) atoms. The Kier molecular flexibility index (Phi) is 6.47. The maximum atomic E-state index is 13.4. The average molecular weight is 526 g/mol. The quantitative estimate of drug-likeness (QED) is 0.272. The van der Waals surface area contributed by atoms with Crippen molar-refractivity contribution in [3.8, 4) is 11.3 Å². The number of carbonyl (C=O) groups excluding carboxylic acids is 1. The molecule has 0 radical (unpaired) electrons. The molecule has 0 atom stereocenters. The van der Waals surface area contributed by atoms with E-state index in [2.05, 4.69) is 15.5 Å². The maximum absolute atomic E-state index is 13.4. The van der Waals surface area contributed by atoms with Crippen LogP contribution in [-0.2, 0) is 13.1 Å². The second-order valence-corrected chi connectivity index (χ2v) is 9.06. The highest BCUT2D eigenvalue weighted by molar-refractivity contribution is 6.36. The van der Waals surface area contributed by atoms with Crippen LogP contribution in [0.25, 0.3) is 22.2 Å². The molecule has 0 aliphatic heterocycles. The van der Waals surface area contributed by atoms with Gasteiger partial charge in [-0.25, -0.2) is 4.98 Å². The third-order valence-corrected chi connectivity index (χ3v) is 6.53. The summed E-state index contributed by atoms with van der Waals surface area (Å²) in [4.78, 5) is 18.1. The van der Waals surface area contributed by atoms with Gasteiger partial charge in [-0.2, -0.15) is 10.2 Å². The number of aryl methyl sites for hydroxylation is 1. The van der Waals surface area contributed by atoms with Crippen molar-refractivity contribution in [2.45, 2.75) is 20.0 Å². The fourth-order valence-corrected chi connectivity index (χ4v) is 4.48. The summed E-state index contributed by atoms with van der Waals surface area (Å²) in [5.41, 5.74) is 3.34. The van der Waals surface area contributed by atoms with Crippen molar-refractivity contribution < 1.29 is 4.79 Å². The molecule has 5 rings (SSSR count). The predicted octanol–water partition coefficient (Wildman–Crippen LogP) is 6.58. The third-order valence-electron chi connectivity index (χ3n) is 5.54. The molecule has 0 unspecified atom stereocenters. The van der Waals surface area contributed by atoms with E-state index in [-0.39, 0.29) is 11.7 Å². The zero-order valence-corrected chi connectivity index (χ0v) is 20.8. The molecule has 0 fully saturated rings. The zero-order valence-electron chi connectivity index (χ0n) is 18.5. The summed E-state index contributed by atoms with van der Waals surface area (Å²) in [6.45, 7) is 3.05. The van der Waals surface area contributed by atoms with E-state index in [0.29, 0.717) is 44.0 Å². The Morgan fingerprint density at radius 3 is 2.49 bits per heavy atom. The molecule has 176 valence electrons.